The average molecular weight is 440 g/mol. The molecule has 2 amide bonds. The number of carbonyl (C=O) groups is 2. The van der Waals surface area contributed by atoms with Crippen LogP contribution in [-0.4, -0.2) is 23.3 Å². The minimum absolute atomic E-state index is 0.0348. The summed E-state index contributed by atoms with van der Waals surface area (Å²) in [5, 5.41) is 2.84. The van der Waals surface area contributed by atoms with Crippen molar-refractivity contribution in [2.24, 2.45) is 0 Å². The van der Waals surface area contributed by atoms with Gasteiger partial charge >= 0.3 is 6.18 Å². The van der Waals surface area contributed by atoms with E-state index in [0.717, 1.165) is 17.7 Å². The van der Waals surface area contributed by atoms with E-state index in [1.165, 1.54) is 19.1 Å². The lowest BCUT2D eigenvalue weighted by atomic mass is 9.98. The number of hydrogen-bond donors (Lipinski definition) is 1. The molecule has 0 unspecified atom stereocenters. The summed E-state index contributed by atoms with van der Waals surface area (Å²) < 4.78 is 38.6. The Balaban J connectivity index is 1.83. The van der Waals surface area contributed by atoms with Crippen molar-refractivity contribution in [3.05, 3.63) is 89.5 Å². The Morgan fingerprint density at radius 3 is 2.25 bits per heavy atom. The molecule has 0 heterocycles. The van der Waals surface area contributed by atoms with Gasteiger partial charge in [0.05, 0.1) is 5.56 Å². The van der Waals surface area contributed by atoms with Crippen LogP contribution in [0.4, 0.5) is 18.9 Å². The van der Waals surface area contributed by atoms with Crippen molar-refractivity contribution < 1.29 is 22.8 Å². The zero-order chi connectivity index (χ0) is 23.3. The van der Waals surface area contributed by atoms with Crippen LogP contribution in [0, 0.1) is 0 Å². The van der Waals surface area contributed by atoms with Gasteiger partial charge in [-0.2, -0.15) is 13.2 Å². The number of rotatable bonds is 6. The molecule has 0 radical (unpaired) electrons. The first kappa shape index (κ1) is 23.1. The average Bonchev–Trinajstić information content (AvgIpc) is 2.77. The minimum atomic E-state index is -4.42. The molecule has 0 atom stereocenters. The number of anilines is 1. The smallest absolute Gasteiger partial charge is 0.339 e. The van der Waals surface area contributed by atoms with Crippen LogP contribution in [0.3, 0.4) is 0 Å². The molecule has 4 nitrogen and oxygen atoms in total. The maximum Gasteiger partial charge on any atom is 0.416 e. The van der Waals surface area contributed by atoms with Crippen LogP contribution in [-0.2, 0) is 17.5 Å². The summed E-state index contributed by atoms with van der Waals surface area (Å²) in [6.07, 6.45) is -4.42. The maximum atomic E-state index is 13.0. The summed E-state index contributed by atoms with van der Waals surface area (Å²) in [5.41, 5.74) is 2.08. The van der Waals surface area contributed by atoms with Crippen molar-refractivity contribution in [1.82, 2.24) is 4.90 Å². The molecular formula is C25H23F3N2O2. The third-order valence-electron chi connectivity index (χ3n) is 5.08. The van der Waals surface area contributed by atoms with Gasteiger partial charge in [-0.1, -0.05) is 42.5 Å². The van der Waals surface area contributed by atoms with Crippen LogP contribution in [0.15, 0.2) is 72.8 Å². The van der Waals surface area contributed by atoms with Gasteiger partial charge in [0, 0.05) is 31.3 Å². The number of benzene rings is 3. The monoisotopic (exact) mass is 440 g/mol. The lowest BCUT2D eigenvalue weighted by Gasteiger charge is -2.19. The van der Waals surface area contributed by atoms with Gasteiger partial charge in [0.1, 0.15) is 0 Å². The molecule has 3 aromatic carbocycles. The standard InChI is InChI=1S/C25H23F3N2O2/c1-3-30(17(2)31)16-18-7-6-8-21(15-18)29-24(32)23-10-5-4-9-22(23)19-11-13-20(14-12-19)25(26,27)28/h4-15H,3,16H2,1-2H3,(H,29,32). The predicted molar refractivity (Wildman–Crippen MR) is 118 cm³/mol. The van der Waals surface area contributed by atoms with Crippen molar-refractivity contribution in [3.63, 3.8) is 0 Å². The second-order valence-electron chi connectivity index (χ2n) is 7.31. The van der Waals surface area contributed by atoms with Gasteiger partial charge in [0.25, 0.3) is 5.91 Å². The van der Waals surface area contributed by atoms with E-state index in [4.69, 9.17) is 0 Å². The maximum absolute atomic E-state index is 13.0. The zero-order valence-corrected chi connectivity index (χ0v) is 17.7. The van der Waals surface area contributed by atoms with Crippen molar-refractivity contribution in [2.75, 3.05) is 11.9 Å². The molecule has 3 aromatic rings. The number of nitrogens with one attached hydrogen (secondary N) is 1. The second kappa shape index (κ2) is 9.68. The topological polar surface area (TPSA) is 49.4 Å². The molecule has 0 aliphatic carbocycles. The summed E-state index contributed by atoms with van der Waals surface area (Å²) in [7, 11) is 0. The van der Waals surface area contributed by atoms with Crippen LogP contribution < -0.4 is 5.32 Å². The SMILES string of the molecule is CCN(Cc1cccc(NC(=O)c2ccccc2-c2ccc(C(F)(F)F)cc2)c1)C(C)=O. The highest BCUT2D eigenvalue weighted by atomic mass is 19.4. The van der Waals surface area contributed by atoms with Gasteiger partial charge in [-0.25, -0.2) is 0 Å². The summed E-state index contributed by atoms with van der Waals surface area (Å²) in [5.74, 6) is -0.413. The first-order valence-electron chi connectivity index (χ1n) is 10.1. The Bertz CT molecular complexity index is 1110. The highest BCUT2D eigenvalue weighted by Gasteiger charge is 2.30. The van der Waals surface area contributed by atoms with Crippen LogP contribution in [0.1, 0.15) is 35.3 Å². The van der Waals surface area contributed by atoms with Gasteiger partial charge in [0.2, 0.25) is 5.91 Å². The molecule has 0 spiro atoms. The van der Waals surface area contributed by atoms with E-state index >= 15 is 0 Å². The first-order chi connectivity index (χ1) is 15.2. The van der Waals surface area contributed by atoms with E-state index < -0.39 is 11.7 Å². The summed E-state index contributed by atoms with van der Waals surface area (Å²) in [6.45, 7) is 4.41. The van der Waals surface area contributed by atoms with E-state index in [0.29, 0.717) is 35.5 Å². The highest BCUT2D eigenvalue weighted by Crippen LogP contribution is 2.32. The van der Waals surface area contributed by atoms with Gasteiger partial charge in [-0.15, -0.1) is 0 Å². The molecule has 0 saturated carbocycles. The summed E-state index contributed by atoms with van der Waals surface area (Å²) in [4.78, 5) is 26.3. The van der Waals surface area contributed by atoms with Gasteiger partial charge in [-0.05, 0) is 53.9 Å². The lowest BCUT2D eigenvalue weighted by molar-refractivity contribution is -0.137. The molecule has 0 aliphatic heterocycles. The first-order valence-corrected chi connectivity index (χ1v) is 10.1. The number of hydrogen-bond acceptors (Lipinski definition) is 2. The molecule has 1 N–H and O–H groups in total. The van der Waals surface area contributed by atoms with Gasteiger partial charge in [0.15, 0.2) is 0 Å². The van der Waals surface area contributed by atoms with Crippen molar-refractivity contribution in [2.45, 2.75) is 26.6 Å². The Morgan fingerprint density at radius 2 is 1.62 bits per heavy atom. The Hall–Kier alpha value is -3.61. The molecule has 3 rings (SSSR count). The number of nitrogens with zero attached hydrogens (tertiary/aromatic N) is 1. The van der Waals surface area contributed by atoms with E-state index in [1.54, 1.807) is 47.4 Å². The fraction of sp³-hybridized carbons (Fsp3) is 0.200. The molecule has 0 bridgehead atoms. The largest absolute Gasteiger partial charge is 0.416 e. The third-order valence-corrected chi connectivity index (χ3v) is 5.08. The van der Waals surface area contributed by atoms with Crippen LogP contribution in [0.5, 0.6) is 0 Å². The molecular weight excluding hydrogens is 417 g/mol. The van der Waals surface area contributed by atoms with Crippen molar-refractivity contribution >= 4 is 17.5 Å². The molecule has 0 aliphatic rings. The van der Waals surface area contributed by atoms with E-state index in [2.05, 4.69) is 5.32 Å². The lowest BCUT2D eigenvalue weighted by Crippen LogP contribution is -2.27. The van der Waals surface area contributed by atoms with Gasteiger partial charge < -0.3 is 10.2 Å². The summed E-state index contributed by atoms with van der Waals surface area (Å²) >= 11 is 0. The van der Waals surface area contributed by atoms with Crippen molar-refractivity contribution in [3.8, 4) is 11.1 Å². The van der Waals surface area contributed by atoms with Crippen LogP contribution >= 0.6 is 0 Å². The second-order valence-corrected chi connectivity index (χ2v) is 7.31. The molecule has 166 valence electrons. The molecule has 7 heteroatoms. The van der Waals surface area contributed by atoms with E-state index in [9.17, 15) is 22.8 Å². The molecule has 32 heavy (non-hydrogen) atoms. The number of amides is 2. The van der Waals surface area contributed by atoms with Gasteiger partial charge in [-0.3, -0.25) is 9.59 Å². The Morgan fingerprint density at radius 1 is 0.938 bits per heavy atom. The Labute approximate surface area is 184 Å². The van der Waals surface area contributed by atoms with Crippen LogP contribution in [0.2, 0.25) is 0 Å². The summed E-state index contributed by atoms with van der Waals surface area (Å²) in [6, 6.07) is 18.7. The van der Waals surface area contributed by atoms with E-state index in [-0.39, 0.29) is 11.8 Å². The quantitative estimate of drug-likeness (QED) is 0.512. The predicted octanol–water partition coefficient (Wildman–Crippen LogP) is 5.99. The molecule has 0 saturated heterocycles. The van der Waals surface area contributed by atoms with Crippen LogP contribution in [0.25, 0.3) is 11.1 Å². The zero-order valence-electron chi connectivity index (χ0n) is 17.7. The minimum Gasteiger partial charge on any atom is -0.339 e. The molecule has 0 fully saturated rings. The Kier molecular flexibility index (Phi) is 6.98. The number of halogens is 3. The number of carbonyl (C=O) groups excluding carboxylic acids is 2. The van der Waals surface area contributed by atoms with E-state index in [1.807, 2.05) is 13.0 Å². The normalized spacial score (nSPS) is 11.2. The highest BCUT2D eigenvalue weighted by molar-refractivity contribution is 6.08. The third kappa shape index (κ3) is 5.55. The molecule has 0 aromatic heterocycles. The number of alkyl halides is 3. The fourth-order valence-corrected chi connectivity index (χ4v) is 3.38. The van der Waals surface area contributed by atoms with Crippen molar-refractivity contribution in [1.29, 1.82) is 0 Å². The fourth-order valence-electron chi connectivity index (χ4n) is 3.38.